The van der Waals surface area contributed by atoms with Crippen LogP contribution in [0.2, 0.25) is 0 Å². The zero-order chi connectivity index (χ0) is 19.1. The van der Waals surface area contributed by atoms with Gasteiger partial charge in [-0.05, 0) is 32.9 Å². The third kappa shape index (κ3) is 3.71. The fourth-order valence-corrected chi connectivity index (χ4v) is 2.55. The molecule has 0 spiro atoms. The van der Waals surface area contributed by atoms with Crippen molar-refractivity contribution in [2.45, 2.75) is 39.2 Å². The Morgan fingerprint density at radius 2 is 1.88 bits per heavy atom. The van der Waals surface area contributed by atoms with Crippen molar-refractivity contribution in [3.8, 4) is 5.75 Å². The van der Waals surface area contributed by atoms with Gasteiger partial charge in [0.25, 0.3) is 0 Å². The summed E-state index contributed by atoms with van der Waals surface area (Å²) in [5.74, 6) is -0.434. The molecule has 0 atom stereocenters. The normalized spacial score (nSPS) is 12.5. The van der Waals surface area contributed by atoms with Gasteiger partial charge in [0.1, 0.15) is 5.69 Å². The Hall–Kier alpha value is -2.84. The highest BCUT2D eigenvalue weighted by Crippen LogP contribution is 2.29. The van der Waals surface area contributed by atoms with Crippen molar-refractivity contribution in [2.24, 2.45) is 0 Å². The molecule has 1 aromatic carbocycles. The van der Waals surface area contributed by atoms with Gasteiger partial charge in [-0.3, -0.25) is 4.79 Å². The van der Waals surface area contributed by atoms with Gasteiger partial charge in [0.2, 0.25) is 0 Å². The fraction of sp³-hybridized carbons (Fsp3) is 0.353. The number of para-hydroxylation sites is 1. The lowest BCUT2D eigenvalue weighted by molar-refractivity contribution is -0.274. The van der Waals surface area contributed by atoms with Gasteiger partial charge >= 0.3 is 6.36 Å². The molecule has 9 heteroatoms. The quantitative estimate of drug-likeness (QED) is 0.714. The first-order chi connectivity index (χ1) is 12.0. The molecule has 0 aliphatic rings. The summed E-state index contributed by atoms with van der Waals surface area (Å²) >= 11 is 0. The third-order valence-corrected chi connectivity index (χ3v) is 3.74. The lowest BCUT2D eigenvalue weighted by atomic mass is 10.1. The summed E-state index contributed by atoms with van der Waals surface area (Å²) < 4.78 is 45.5. The molecule has 0 saturated heterocycles. The van der Waals surface area contributed by atoms with Crippen LogP contribution in [0.5, 0.6) is 5.75 Å². The molecule has 3 rings (SSSR count). The molecule has 6 nitrogen and oxygen atoms in total. The summed E-state index contributed by atoms with van der Waals surface area (Å²) in [6, 6.07) is 5.29. The number of hydrogen-bond donors (Lipinski definition) is 0. The lowest BCUT2D eigenvalue weighted by Crippen LogP contribution is -2.22. The Morgan fingerprint density at radius 1 is 1.15 bits per heavy atom. The monoisotopic (exact) mass is 366 g/mol. The van der Waals surface area contributed by atoms with Crippen molar-refractivity contribution < 1.29 is 17.9 Å². The van der Waals surface area contributed by atoms with Crippen LogP contribution in [-0.4, -0.2) is 25.9 Å². The SMILES string of the molecule is CC(C)(C)n1cc(Cn2ccc(=O)c3cccc(OC(F)(F)F)c32)nn1. The van der Waals surface area contributed by atoms with Gasteiger partial charge in [-0.1, -0.05) is 11.3 Å². The number of benzene rings is 1. The maximum absolute atomic E-state index is 12.7. The van der Waals surface area contributed by atoms with Crippen molar-refractivity contribution in [3.05, 3.63) is 52.6 Å². The number of pyridine rings is 1. The van der Waals surface area contributed by atoms with E-state index in [1.165, 1.54) is 35.0 Å². The molecule has 0 amide bonds. The van der Waals surface area contributed by atoms with Crippen molar-refractivity contribution in [3.63, 3.8) is 0 Å². The third-order valence-electron chi connectivity index (χ3n) is 3.74. The minimum absolute atomic E-state index is 0.0580. The zero-order valence-electron chi connectivity index (χ0n) is 14.4. The van der Waals surface area contributed by atoms with Crippen LogP contribution in [0.4, 0.5) is 13.2 Å². The summed E-state index contributed by atoms with van der Waals surface area (Å²) in [7, 11) is 0. The molecule has 0 bridgehead atoms. The Balaban J connectivity index is 2.10. The molecular formula is C17H17F3N4O2. The number of aromatic nitrogens is 4. The predicted molar refractivity (Wildman–Crippen MR) is 89.0 cm³/mol. The first kappa shape index (κ1) is 18.0. The van der Waals surface area contributed by atoms with E-state index < -0.39 is 12.1 Å². The molecule has 0 saturated carbocycles. The highest BCUT2D eigenvalue weighted by molar-refractivity contribution is 5.84. The van der Waals surface area contributed by atoms with Gasteiger partial charge in [-0.2, -0.15) is 0 Å². The Morgan fingerprint density at radius 3 is 2.50 bits per heavy atom. The molecule has 0 aliphatic carbocycles. The van der Waals surface area contributed by atoms with Gasteiger partial charge in [0, 0.05) is 17.6 Å². The minimum Gasteiger partial charge on any atom is -0.404 e. The van der Waals surface area contributed by atoms with Gasteiger partial charge in [-0.25, -0.2) is 4.68 Å². The van der Waals surface area contributed by atoms with E-state index in [0.717, 1.165) is 0 Å². The second-order valence-corrected chi connectivity index (χ2v) is 6.83. The van der Waals surface area contributed by atoms with Crippen LogP contribution in [0.25, 0.3) is 10.9 Å². The molecule has 2 aromatic heterocycles. The second kappa shape index (κ2) is 6.15. The predicted octanol–water partition coefficient (Wildman–Crippen LogP) is 3.29. The Bertz CT molecular complexity index is 1000. The smallest absolute Gasteiger partial charge is 0.404 e. The number of halogens is 3. The van der Waals surface area contributed by atoms with Crippen LogP contribution in [0.1, 0.15) is 26.5 Å². The Labute approximate surface area is 146 Å². The summed E-state index contributed by atoms with van der Waals surface area (Å²) in [6.07, 6.45) is -1.72. The van der Waals surface area contributed by atoms with Crippen LogP contribution in [0.15, 0.2) is 41.5 Å². The van der Waals surface area contributed by atoms with Crippen LogP contribution in [0, 0.1) is 0 Å². The van der Waals surface area contributed by atoms with E-state index >= 15 is 0 Å². The van der Waals surface area contributed by atoms with Crippen molar-refractivity contribution in [2.75, 3.05) is 0 Å². The van der Waals surface area contributed by atoms with Crippen molar-refractivity contribution in [1.82, 2.24) is 19.6 Å². The van der Waals surface area contributed by atoms with E-state index in [1.807, 2.05) is 20.8 Å². The maximum atomic E-state index is 12.7. The van der Waals surface area contributed by atoms with E-state index in [-0.39, 0.29) is 28.4 Å². The lowest BCUT2D eigenvalue weighted by Gasteiger charge is -2.17. The van der Waals surface area contributed by atoms with Crippen molar-refractivity contribution >= 4 is 10.9 Å². The summed E-state index contributed by atoms with van der Waals surface area (Å²) in [5.41, 5.74) is -0.0574. The van der Waals surface area contributed by atoms with Crippen LogP contribution < -0.4 is 10.2 Å². The van der Waals surface area contributed by atoms with Crippen LogP contribution in [0.3, 0.4) is 0 Å². The van der Waals surface area contributed by atoms with E-state index in [9.17, 15) is 18.0 Å². The standard InChI is InChI=1S/C17H17F3N4O2/c1-16(2,3)24-10-11(21-22-24)9-23-8-7-13(25)12-5-4-6-14(15(12)23)26-17(18,19)20/h4-8,10H,9H2,1-3H3. The van der Waals surface area contributed by atoms with Crippen LogP contribution in [-0.2, 0) is 12.1 Å². The molecular weight excluding hydrogens is 349 g/mol. The van der Waals surface area contributed by atoms with E-state index in [0.29, 0.717) is 5.69 Å². The first-order valence-corrected chi connectivity index (χ1v) is 7.84. The minimum atomic E-state index is -4.86. The number of hydrogen-bond acceptors (Lipinski definition) is 4. The number of alkyl halides is 3. The van der Waals surface area contributed by atoms with E-state index in [2.05, 4.69) is 15.0 Å². The topological polar surface area (TPSA) is 61.9 Å². The highest BCUT2D eigenvalue weighted by Gasteiger charge is 2.32. The maximum Gasteiger partial charge on any atom is 0.573 e. The van der Waals surface area contributed by atoms with Gasteiger partial charge in [0.15, 0.2) is 11.2 Å². The highest BCUT2D eigenvalue weighted by atomic mass is 19.4. The molecule has 0 aliphatic heterocycles. The molecule has 0 unspecified atom stereocenters. The molecule has 26 heavy (non-hydrogen) atoms. The summed E-state index contributed by atoms with van der Waals surface area (Å²) in [5, 5.41) is 8.24. The van der Waals surface area contributed by atoms with E-state index in [4.69, 9.17) is 0 Å². The van der Waals surface area contributed by atoms with Gasteiger partial charge in [-0.15, -0.1) is 18.3 Å². The van der Waals surface area contributed by atoms with Gasteiger partial charge in [0.05, 0.1) is 23.8 Å². The summed E-state index contributed by atoms with van der Waals surface area (Å²) in [6.45, 7) is 6.01. The zero-order valence-corrected chi connectivity index (χ0v) is 14.4. The van der Waals surface area contributed by atoms with Gasteiger partial charge < -0.3 is 9.30 Å². The van der Waals surface area contributed by atoms with E-state index in [1.54, 1.807) is 10.9 Å². The average Bonchev–Trinajstić information content (AvgIpc) is 2.98. The Kier molecular flexibility index (Phi) is 4.25. The number of nitrogens with zero attached hydrogens (tertiary/aromatic N) is 4. The molecule has 0 fully saturated rings. The second-order valence-electron chi connectivity index (χ2n) is 6.83. The first-order valence-electron chi connectivity index (χ1n) is 7.84. The molecule has 0 N–H and O–H groups in total. The number of rotatable bonds is 3. The number of ether oxygens (including phenoxy) is 1. The molecule has 0 radical (unpaired) electrons. The average molecular weight is 366 g/mol. The fourth-order valence-electron chi connectivity index (χ4n) is 2.55. The van der Waals surface area contributed by atoms with Crippen LogP contribution >= 0.6 is 0 Å². The largest absolute Gasteiger partial charge is 0.573 e. The molecule has 2 heterocycles. The number of fused-ring (bicyclic) bond motifs is 1. The van der Waals surface area contributed by atoms with Crippen molar-refractivity contribution in [1.29, 1.82) is 0 Å². The molecule has 3 aromatic rings. The molecule has 138 valence electrons. The summed E-state index contributed by atoms with van der Waals surface area (Å²) in [4.78, 5) is 12.1.